The quantitative estimate of drug-likeness (QED) is 0.233. The Morgan fingerprint density at radius 2 is 1.57 bits per heavy atom. The van der Waals surface area contributed by atoms with Crippen LogP contribution in [0.4, 0.5) is 5.69 Å². The molecule has 0 aliphatic carbocycles. The van der Waals surface area contributed by atoms with Crippen LogP contribution in [0.25, 0.3) is 0 Å². The first-order chi connectivity index (χ1) is 19.7. The molecule has 0 bridgehead atoms. The molecular formula is C31H38BrN3O5S2. The Bertz CT molecular complexity index is 1460. The molecule has 0 saturated heterocycles. The Morgan fingerprint density at radius 1 is 0.976 bits per heavy atom. The summed E-state index contributed by atoms with van der Waals surface area (Å²) in [6, 6.07) is 19.6. The molecule has 226 valence electrons. The second kappa shape index (κ2) is 14.4. The van der Waals surface area contributed by atoms with Crippen LogP contribution in [0.1, 0.15) is 40.2 Å². The van der Waals surface area contributed by atoms with Crippen molar-refractivity contribution >= 4 is 55.2 Å². The maximum atomic E-state index is 14.1. The molecule has 8 nitrogen and oxygen atoms in total. The number of carbonyl (C=O) groups excluding carboxylic acids is 2. The van der Waals surface area contributed by atoms with E-state index in [0.717, 1.165) is 19.2 Å². The zero-order valence-corrected chi connectivity index (χ0v) is 28.0. The molecule has 0 fully saturated rings. The van der Waals surface area contributed by atoms with Crippen molar-refractivity contribution in [3.8, 4) is 5.75 Å². The zero-order valence-electron chi connectivity index (χ0n) is 24.8. The maximum absolute atomic E-state index is 14.1. The number of ether oxygens (including phenoxy) is 1. The second-order valence-corrected chi connectivity index (χ2v) is 14.3. The minimum atomic E-state index is -4.16. The summed E-state index contributed by atoms with van der Waals surface area (Å²) >= 11 is 4.92. The number of sulfonamides is 1. The molecule has 0 heterocycles. The number of carbonyl (C=O) groups is 2. The highest BCUT2D eigenvalue weighted by Crippen LogP contribution is 2.28. The molecule has 3 aromatic rings. The van der Waals surface area contributed by atoms with Crippen molar-refractivity contribution < 1.29 is 22.7 Å². The van der Waals surface area contributed by atoms with E-state index in [1.54, 1.807) is 43.3 Å². The molecule has 1 N–H and O–H groups in total. The minimum absolute atomic E-state index is 0.0555. The monoisotopic (exact) mass is 675 g/mol. The number of hydrogen-bond donors (Lipinski definition) is 1. The molecule has 0 saturated carbocycles. The molecule has 0 spiro atoms. The van der Waals surface area contributed by atoms with Crippen LogP contribution in [0.3, 0.4) is 0 Å². The van der Waals surface area contributed by atoms with Crippen LogP contribution in [0.15, 0.2) is 87.1 Å². The van der Waals surface area contributed by atoms with E-state index < -0.39 is 34.1 Å². The van der Waals surface area contributed by atoms with Crippen LogP contribution < -0.4 is 14.4 Å². The smallest absolute Gasteiger partial charge is 0.264 e. The van der Waals surface area contributed by atoms with Crippen molar-refractivity contribution in [3.63, 3.8) is 0 Å². The van der Waals surface area contributed by atoms with E-state index in [4.69, 9.17) is 4.74 Å². The molecule has 0 aromatic heterocycles. The molecule has 0 radical (unpaired) electrons. The molecule has 2 amide bonds. The van der Waals surface area contributed by atoms with Gasteiger partial charge in [0.1, 0.15) is 18.3 Å². The number of rotatable bonds is 12. The third kappa shape index (κ3) is 8.99. The summed E-state index contributed by atoms with van der Waals surface area (Å²) in [6.45, 7) is 9.16. The van der Waals surface area contributed by atoms with Gasteiger partial charge in [0.25, 0.3) is 10.0 Å². The van der Waals surface area contributed by atoms with Gasteiger partial charge in [-0.15, -0.1) is 11.8 Å². The van der Waals surface area contributed by atoms with E-state index in [9.17, 15) is 18.0 Å². The van der Waals surface area contributed by atoms with E-state index >= 15 is 0 Å². The molecule has 3 rings (SSSR count). The summed E-state index contributed by atoms with van der Waals surface area (Å²) in [4.78, 5) is 29.7. The predicted molar refractivity (Wildman–Crippen MR) is 172 cm³/mol. The predicted octanol–water partition coefficient (Wildman–Crippen LogP) is 6.10. The fraction of sp³-hybridized carbons (Fsp3) is 0.355. The van der Waals surface area contributed by atoms with Gasteiger partial charge in [0.05, 0.1) is 17.2 Å². The Kier molecular flexibility index (Phi) is 11.5. The van der Waals surface area contributed by atoms with Crippen molar-refractivity contribution in [2.24, 2.45) is 0 Å². The first-order valence-electron chi connectivity index (χ1n) is 13.5. The zero-order chi connectivity index (χ0) is 31.1. The lowest BCUT2D eigenvalue weighted by Crippen LogP contribution is -2.54. The summed E-state index contributed by atoms with van der Waals surface area (Å²) in [5, 5.41) is 2.93. The van der Waals surface area contributed by atoms with E-state index in [1.807, 2.05) is 58.2 Å². The Labute approximate surface area is 262 Å². The maximum Gasteiger partial charge on any atom is 0.264 e. The van der Waals surface area contributed by atoms with Crippen molar-refractivity contribution in [2.45, 2.75) is 62.5 Å². The van der Waals surface area contributed by atoms with Crippen LogP contribution in [0, 0.1) is 0 Å². The molecule has 42 heavy (non-hydrogen) atoms. The lowest BCUT2D eigenvalue weighted by molar-refractivity contribution is -0.140. The Balaban J connectivity index is 2.04. The SMILES string of the molecule is CCOc1ccc(N(CC(=O)N(Cc2ccc(Br)cc2)C(C)C(=O)NC(C)(C)C)S(=O)(=O)c2ccc(SC)cc2)cc1. The molecule has 11 heteroatoms. The lowest BCUT2D eigenvalue weighted by atomic mass is 10.1. The topological polar surface area (TPSA) is 96.0 Å². The number of nitrogens with one attached hydrogen (secondary N) is 1. The third-order valence-corrected chi connectivity index (χ3v) is 9.35. The van der Waals surface area contributed by atoms with Crippen molar-refractivity contribution in [1.29, 1.82) is 0 Å². The number of anilines is 1. The normalized spacial score (nSPS) is 12.4. The van der Waals surface area contributed by atoms with Crippen molar-refractivity contribution in [3.05, 3.63) is 82.8 Å². The molecule has 0 aliphatic heterocycles. The number of halogens is 1. The van der Waals surface area contributed by atoms with Gasteiger partial charge in [-0.25, -0.2) is 8.42 Å². The van der Waals surface area contributed by atoms with E-state index in [-0.39, 0.29) is 17.3 Å². The molecule has 3 aromatic carbocycles. The van der Waals surface area contributed by atoms with Crippen LogP contribution in [0.5, 0.6) is 5.75 Å². The van der Waals surface area contributed by atoms with E-state index in [0.29, 0.717) is 18.0 Å². The van der Waals surface area contributed by atoms with Crippen molar-refractivity contribution in [2.75, 3.05) is 23.7 Å². The number of thioether (sulfide) groups is 1. The van der Waals surface area contributed by atoms with Crippen LogP contribution >= 0.6 is 27.7 Å². The lowest BCUT2D eigenvalue weighted by Gasteiger charge is -2.33. The number of benzene rings is 3. The van der Waals surface area contributed by atoms with Crippen LogP contribution in [-0.4, -0.2) is 56.1 Å². The van der Waals surface area contributed by atoms with E-state index in [1.165, 1.54) is 28.8 Å². The fourth-order valence-electron chi connectivity index (χ4n) is 4.12. The van der Waals surface area contributed by atoms with Gasteiger partial charge in [-0.3, -0.25) is 13.9 Å². The molecule has 1 unspecified atom stereocenters. The number of nitrogens with zero attached hydrogens (tertiary/aromatic N) is 2. The highest BCUT2D eigenvalue weighted by atomic mass is 79.9. The summed E-state index contributed by atoms with van der Waals surface area (Å²) in [6.07, 6.45) is 1.91. The summed E-state index contributed by atoms with van der Waals surface area (Å²) in [7, 11) is -4.16. The van der Waals surface area contributed by atoms with Crippen LogP contribution in [-0.2, 0) is 26.2 Å². The average Bonchev–Trinajstić information content (AvgIpc) is 2.95. The fourth-order valence-corrected chi connectivity index (χ4v) is 6.21. The standard InChI is InChI=1S/C31H38BrN3O5S2/c1-7-40-26-14-12-25(13-15-26)35(42(38,39)28-18-16-27(41-6)17-19-28)21-29(36)34(20-23-8-10-24(32)11-9-23)22(2)30(37)33-31(3,4)5/h8-19,22H,7,20-21H2,1-6H3,(H,33,37). The van der Waals surface area contributed by atoms with Gasteiger partial charge >= 0.3 is 0 Å². The summed E-state index contributed by atoms with van der Waals surface area (Å²) in [5.41, 5.74) is 0.583. The molecular weight excluding hydrogens is 638 g/mol. The second-order valence-electron chi connectivity index (χ2n) is 10.7. The summed E-state index contributed by atoms with van der Waals surface area (Å²) in [5.74, 6) is -0.276. The van der Waals surface area contributed by atoms with Gasteiger partial charge in [-0.2, -0.15) is 0 Å². The minimum Gasteiger partial charge on any atom is -0.494 e. The van der Waals surface area contributed by atoms with Gasteiger partial charge < -0.3 is 15.0 Å². The van der Waals surface area contributed by atoms with Gasteiger partial charge in [0.15, 0.2) is 0 Å². The van der Waals surface area contributed by atoms with Crippen LogP contribution in [0.2, 0.25) is 0 Å². The molecule has 0 aliphatic rings. The van der Waals surface area contributed by atoms with E-state index in [2.05, 4.69) is 21.2 Å². The number of hydrogen-bond acceptors (Lipinski definition) is 6. The van der Waals surface area contributed by atoms with Gasteiger partial charge in [-0.1, -0.05) is 28.1 Å². The van der Waals surface area contributed by atoms with Gasteiger partial charge in [-0.05, 0) is 107 Å². The largest absolute Gasteiger partial charge is 0.494 e. The first kappa shape index (κ1) is 33.5. The average molecular weight is 677 g/mol. The highest BCUT2D eigenvalue weighted by Gasteiger charge is 2.33. The molecule has 1 atom stereocenters. The highest BCUT2D eigenvalue weighted by molar-refractivity contribution is 9.10. The Hall–Kier alpha value is -3.02. The van der Waals surface area contributed by atoms with Gasteiger partial charge in [0, 0.05) is 21.5 Å². The number of amides is 2. The van der Waals surface area contributed by atoms with Gasteiger partial charge in [0.2, 0.25) is 11.8 Å². The summed E-state index contributed by atoms with van der Waals surface area (Å²) < 4.78 is 35.5. The first-order valence-corrected chi connectivity index (χ1v) is 17.0. The third-order valence-electron chi connectivity index (χ3n) is 6.29. The Morgan fingerprint density at radius 3 is 2.10 bits per heavy atom. The van der Waals surface area contributed by atoms with Crippen molar-refractivity contribution in [1.82, 2.24) is 10.2 Å².